The molecule has 1 unspecified atom stereocenters. The molecule has 148 valence electrons. The van der Waals surface area contributed by atoms with E-state index in [2.05, 4.69) is 4.74 Å². The van der Waals surface area contributed by atoms with Crippen molar-refractivity contribution in [2.45, 2.75) is 37.8 Å². The zero-order valence-electron chi connectivity index (χ0n) is 15.4. The minimum Gasteiger partial charge on any atom is -0.468 e. The van der Waals surface area contributed by atoms with Crippen molar-refractivity contribution in [3.05, 3.63) is 35.9 Å². The third kappa shape index (κ3) is 4.35. The van der Waals surface area contributed by atoms with Crippen LogP contribution in [0.5, 0.6) is 0 Å². The molecule has 1 spiro atoms. The van der Waals surface area contributed by atoms with Crippen LogP contribution in [-0.4, -0.2) is 60.1 Å². The Morgan fingerprint density at radius 1 is 1.11 bits per heavy atom. The topological polar surface area (TPSA) is 76.2 Å². The number of hydrogen-bond donors (Lipinski definition) is 0. The quantitative estimate of drug-likeness (QED) is 0.730. The van der Waals surface area contributed by atoms with E-state index in [0.29, 0.717) is 25.9 Å². The number of benzene rings is 1. The fourth-order valence-electron chi connectivity index (χ4n) is 3.86. The van der Waals surface area contributed by atoms with Crippen LogP contribution < -0.4 is 0 Å². The van der Waals surface area contributed by atoms with Gasteiger partial charge in [-0.15, -0.1) is 12.4 Å². The largest absolute Gasteiger partial charge is 0.468 e. The predicted octanol–water partition coefficient (Wildman–Crippen LogP) is 2.38. The number of ether oxygens (including phenoxy) is 2. The second-order valence-corrected chi connectivity index (χ2v) is 6.73. The lowest BCUT2D eigenvalue weighted by molar-refractivity contribution is -0.154. The van der Waals surface area contributed by atoms with Crippen LogP contribution in [0.1, 0.15) is 31.2 Å². The molecule has 2 aliphatic rings. The van der Waals surface area contributed by atoms with E-state index >= 15 is 0 Å². The summed E-state index contributed by atoms with van der Waals surface area (Å²) in [5.41, 5.74) is 0.0106. The lowest BCUT2D eigenvalue weighted by Gasteiger charge is -2.43. The molecule has 0 aromatic heterocycles. The molecule has 0 radical (unpaired) electrons. The van der Waals surface area contributed by atoms with Gasteiger partial charge < -0.3 is 14.4 Å². The van der Waals surface area contributed by atoms with E-state index < -0.39 is 17.6 Å². The van der Waals surface area contributed by atoms with Gasteiger partial charge in [-0.25, -0.2) is 4.79 Å². The van der Waals surface area contributed by atoms with Crippen LogP contribution in [0.4, 0.5) is 4.79 Å². The highest BCUT2D eigenvalue weighted by Gasteiger charge is 2.53. The van der Waals surface area contributed by atoms with Gasteiger partial charge in [0.15, 0.2) is 0 Å². The molecule has 3 rings (SSSR count). The normalized spacial score (nSPS) is 21.7. The molecule has 27 heavy (non-hydrogen) atoms. The van der Waals surface area contributed by atoms with Crippen LogP contribution >= 0.6 is 12.4 Å². The van der Waals surface area contributed by atoms with Gasteiger partial charge in [0.2, 0.25) is 5.91 Å². The molecule has 7 nitrogen and oxygen atoms in total. The first-order chi connectivity index (χ1) is 12.6. The third-order valence-electron chi connectivity index (χ3n) is 5.17. The average Bonchev–Trinajstić information content (AvgIpc) is 3.09. The Labute approximate surface area is 165 Å². The standard InChI is InChI=1S/C19H24N2O5.ClH/c1-25-16(22)13-20-11-5-9-19(17(20)23)10-6-12-21(19)18(24)26-14-15-7-3-2-4-8-15;/h2-4,7-8H,5-6,9-14H2,1H3;1H. The molecule has 8 heteroatoms. The van der Waals surface area contributed by atoms with E-state index in [0.717, 1.165) is 18.4 Å². The number of methoxy groups -OCH3 is 1. The maximum absolute atomic E-state index is 13.1. The van der Waals surface area contributed by atoms with Crippen LogP contribution in [0.3, 0.4) is 0 Å². The fourth-order valence-corrected chi connectivity index (χ4v) is 3.86. The zero-order chi connectivity index (χ0) is 18.6. The second-order valence-electron chi connectivity index (χ2n) is 6.73. The van der Waals surface area contributed by atoms with Crippen LogP contribution in [0.2, 0.25) is 0 Å². The highest BCUT2D eigenvalue weighted by atomic mass is 35.5. The Balaban J connectivity index is 0.00000261. The number of nitrogens with zero attached hydrogens (tertiary/aromatic N) is 2. The molecule has 0 saturated carbocycles. The van der Waals surface area contributed by atoms with Gasteiger partial charge in [-0.05, 0) is 31.2 Å². The maximum Gasteiger partial charge on any atom is 0.411 e. The van der Waals surface area contributed by atoms with Crippen molar-refractivity contribution in [3.63, 3.8) is 0 Å². The smallest absolute Gasteiger partial charge is 0.411 e. The van der Waals surface area contributed by atoms with E-state index in [9.17, 15) is 14.4 Å². The lowest BCUT2D eigenvalue weighted by atomic mass is 9.85. The van der Waals surface area contributed by atoms with Crippen molar-refractivity contribution in [2.24, 2.45) is 0 Å². The summed E-state index contributed by atoms with van der Waals surface area (Å²) >= 11 is 0. The van der Waals surface area contributed by atoms with Gasteiger partial charge in [0.1, 0.15) is 18.7 Å². The number of amides is 2. The summed E-state index contributed by atoms with van der Waals surface area (Å²) in [6.07, 6.45) is 2.22. The third-order valence-corrected chi connectivity index (χ3v) is 5.17. The summed E-state index contributed by atoms with van der Waals surface area (Å²) in [5.74, 6) is -0.630. The van der Waals surface area contributed by atoms with Gasteiger partial charge in [0, 0.05) is 13.1 Å². The summed E-state index contributed by atoms with van der Waals surface area (Å²) in [4.78, 5) is 40.4. The average molecular weight is 397 g/mol. The minimum absolute atomic E-state index is 0. The Kier molecular flexibility index (Phi) is 7.07. The van der Waals surface area contributed by atoms with Crippen molar-refractivity contribution >= 4 is 30.4 Å². The second kappa shape index (κ2) is 9.08. The Bertz CT molecular complexity index is 684. The van der Waals surface area contributed by atoms with E-state index in [1.807, 2.05) is 30.3 Å². The highest BCUT2D eigenvalue weighted by molar-refractivity contribution is 5.93. The van der Waals surface area contributed by atoms with Gasteiger partial charge in [0.25, 0.3) is 0 Å². The number of rotatable bonds is 4. The predicted molar refractivity (Wildman–Crippen MR) is 100 cm³/mol. The number of likely N-dealkylation sites (tertiary alicyclic amines) is 2. The molecule has 1 aromatic rings. The molecule has 1 aromatic carbocycles. The molecular formula is C19H25ClN2O5. The van der Waals surface area contributed by atoms with E-state index in [1.165, 1.54) is 12.0 Å². The van der Waals surface area contributed by atoms with E-state index in [4.69, 9.17) is 4.74 Å². The fraction of sp³-hybridized carbons (Fsp3) is 0.526. The summed E-state index contributed by atoms with van der Waals surface area (Å²) in [6, 6.07) is 9.44. The highest BCUT2D eigenvalue weighted by Crippen LogP contribution is 2.38. The first-order valence-electron chi connectivity index (χ1n) is 8.91. The Morgan fingerprint density at radius 3 is 2.44 bits per heavy atom. The van der Waals surface area contributed by atoms with Gasteiger partial charge in [0.05, 0.1) is 7.11 Å². The summed E-state index contributed by atoms with van der Waals surface area (Å²) < 4.78 is 10.1. The van der Waals surface area contributed by atoms with Crippen molar-refractivity contribution in [1.29, 1.82) is 0 Å². The van der Waals surface area contributed by atoms with E-state index in [1.54, 1.807) is 4.90 Å². The molecule has 0 aliphatic carbocycles. The van der Waals surface area contributed by atoms with Crippen molar-refractivity contribution in [2.75, 3.05) is 26.7 Å². The number of carbonyl (C=O) groups is 3. The number of esters is 1. The van der Waals surface area contributed by atoms with Crippen molar-refractivity contribution < 1.29 is 23.9 Å². The van der Waals surface area contributed by atoms with Crippen LogP contribution in [0.15, 0.2) is 30.3 Å². The lowest BCUT2D eigenvalue weighted by Crippen LogP contribution is -2.62. The van der Waals surface area contributed by atoms with Gasteiger partial charge in [-0.3, -0.25) is 14.5 Å². The summed E-state index contributed by atoms with van der Waals surface area (Å²) in [7, 11) is 1.30. The minimum atomic E-state index is -0.889. The first-order valence-corrected chi connectivity index (χ1v) is 8.91. The molecule has 0 N–H and O–H groups in total. The zero-order valence-corrected chi connectivity index (χ0v) is 16.2. The molecule has 2 heterocycles. The van der Waals surface area contributed by atoms with Gasteiger partial charge >= 0.3 is 12.1 Å². The van der Waals surface area contributed by atoms with Crippen LogP contribution in [0, 0.1) is 0 Å². The molecule has 2 fully saturated rings. The molecule has 2 saturated heterocycles. The number of halogens is 1. The summed E-state index contributed by atoms with van der Waals surface area (Å²) in [5, 5.41) is 0. The molecule has 0 bridgehead atoms. The Morgan fingerprint density at radius 2 is 1.78 bits per heavy atom. The Hall–Kier alpha value is -2.28. The SMILES string of the molecule is COC(=O)CN1CCCC2(CCCN2C(=O)OCc2ccccc2)C1=O.Cl. The monoisotopic (exact) mass is 396 g/mol. The molecule has 1 atom stereocenters. The van der Waals surface area contributed by atoms with E-state index in [-0.39, 0.29) is 31.5 Å². The van der Waals surface area contributed by atoms with Crippen molar-refractivity contribution in [1.82, 2.24) is 9.80 Å². The van der Waals surface area contributed by atoms with Gasteiger partial charge in [-0.2, -0.15) is 0 Å². The number of hydrogen-bond acceptors (Lipinski definition) is 5. The van der Waals surface area contributed by atoms with Gasteiger partial charge in [-0.1, -0.05) is 30.3 Å². The number of piperidine rings is 1. The van der Waals surface area contributed by atoms with Crippen LogP contribution in [0.25, 0.3) is 0 Å². The first kappa shape index (κ1) is 21.0. The maximum atomic E-state index is 13.1. The molecular weight excluding hydrogens is 372 g/mol. The van der Waals surface area contributed by atoms with Crippen LogP contribution in [-0.2, 0) is 25.7 Å². The number of carbonyl (C=O) groups excluding carboxylic acids is 3. The van der Waals surface area contributed by atoms with Crippen molar-refractivity contribution in [3.8, 4) is 0 Å². The molecule has 2 aliphatic heterocycles. The molecule has 2 amide bonds. The summed E-state index contributed by atoms with van der Waals surface area (Å²) in [6.45, 7) is 1.09.